The van der Waals surface area contributed by atoms with Crippen molar-refractivity contribution in [2.24, 2.45) is 0 Å². The fraction of sp³-hybridized carbons (Fsp3) is 0.100. The van der Waals surface area contributed by atoms with Crippen LogP contribution in [0.4, 0.5) is 10.3 Å². The molecular formula is C20H17FN6. The molecule has 7 heteroatoms. The smallest absolute Gasteiger partial charge is 0.223 e. The Hall–Kier alpha value is -3.61. The molecule has 27 heavy (non-hydrogen) atoms. The highest BCUT2D eigenvalue weighted by Gasteiger charge is 2.15. The first kappa shape index (κ1) is 16.8. The topological polar surface area (TPSA) is 79.4 Å². The number of rotatable bonds is 5. The number of aryl methyl sites for hydroxylation is 1. The number of imidazole rings is 1. The van der Waals surface area contributed by atoms with Crippen molar-refractivity contribution in [3.05, 3.63) is 78.3 Å². The Morgan fingerprint density at radius 2 is 1.78 bits per heavy atom. The van der Waals surface area contributed by atoms with E-state index >= 15 is 0 Å². The second-order valence-electron chi connectivity index (χ2n) is 6.07. The SMILES string of the molecule is Cc1ccc(-c2nc(CNc3ncc(F)cn3)[nH]c2-c2ccccn2)cc1. The maximum atomic E-state index is 12.9. The number of hydrogen-bond donors (Lipinski definition) is 2. The number of aromatic amines is 1. The number of H-pyrrole nitrogens is 1. The summed E-state index contributed by atoms with van der Waals surface area (Å²) >= 11 is 0. The molecule has 0 saturated heterocycles. The molecule has 4 rings (SSSR count). The molecule has 3 aromatic heterocycles. The van der Waals surface area contributed by atoms with Gasteiger partial charge in [0.15, 0.2) is 5.82 Å². The fourth-order valence-corrected chi connectivity index (χ4v) is 2.69. The lowest BCUT2D eigenvalue weighted by atomic mass is 10.1. The van der Waals surface area contributed by atoms with E-state index < -0.39 is 5.82 Å². The van der Waals surface area contributed by atoms with Crippen molar-refractivity contribution in [1.29, 1.82) is 0 Å². The molecule has 0 saturated carbocycles. The van der Waals surface area contributed by atoms with Crippen molar-refractivity contribution in [3.8, 4) is 22.6 Å². The molecule has 0 fully saturated rings. The molecule has 0 atom stereocenters. The summed E-state index contributed by atoms with van der Waals surface area (Å²) in [5.41, 5.74) is 4.66. The van der Waals surface area contributed by atoms with E-state index in [1.807, 2.05) is 37.3 Å². The molecule has 3 heterocycles. The Morgan fingerprint density at radius 3 is 2.48 bits per heavy atom. The Kier molecular flexibility index (Phi) is 4.57. The van der Waals surface area contributed by atoms with Gasteiger partial charge in [-0.3, -0.25) is 4.98 Å². The third kappa shape index (κ3) is 3.82. The summed E-state index contributed by atoms with van der Waals surface area (Å²) < 4.78 is 12.9. The molecule has 0 spiro atoms. The second-order valence-corrected chi connectivity index (χ2v) is 6.07. The van der Waals surface area contributed by atoms with Crippen molar-refractivity contribution in [2.75, 3.05) is 5.32 Å². The number of aromatic nitrogens is 5. The fourth-order valence-electron chi connectivity index (χ4n) is 2.69. The van der Waals surface area contributed by atoms with Crippen molar-refractivity contribution < 1.29 is 4.39 Å². The first-order valence-corrected chi connectivity index (χ1v) is 8.48. The standard InChI is InChI=1S/C20H17FN6/c1-13-5-7-14(8-6-13)18-19(16-4-2-3-9-22-16)27-17(26-18)12-25-20-23-10-15(21)11-24-20/h2-11H,12H2,1H3,(H,26,27)(H,23,24,25). The van der Waals surface area contributed by atoms with Crippen LogP contribution in [0.25, 0.3) is 22.6 Å². The summed E-state index contributed by atoms with van der Waals surface area (Å²) in [6.07, 6.45) is 3.99. The van der Waals surface area contributed by atoms with E-state index in [4.69, 9.17) is 4.98 Å². The molecule has 4 aromatic rings. The number of anilines is 1. The van der Waals surface area contributed by atoms with Gasteiger partial charge < -0.3 is 10.3 Å². The molecule has 2 N–H and O–H groups in total. The number of nitrogens with zero attached hydrogens (tertiary/aromatic N) is 4. The Labute approximate surface area is 155 Å². The third-order valence-electron chi connectivity index (χ3n) is 4.03. The van der Waals surface area contributed by atoms with Gasteiger partial charge in [0.1, 0.15) is 5.82 Å². The average molecular weight is 360 g/mol. The highest BCUT2D eigenvalue weighted by Crippen LogP contribution is 2.29. The highest BCUT2D eigenvalue weighted by molar-refractivity contribution is 5.76. The molecule has 0 aliphatic carbocycles. The lowest BCUT2D eigenvalue weighted by Gasteiger charge is -2.02. The van der Waals surface area contributed by atoms with Crippen molar-refractivity contribution in [3.63, 3.8) is 0 Å². The van der Waals surface area contributed by atoms with Gasteiger partial charge in [-0.05, 0) is 19.1 Å². The molecule has 0 bridgehead atoms. The van der Waals surface area contributed by atoms with Crippen LogP contribution >= 0.6 is 0 Å². The minimum absolute atomic E-state index is 0.337. The van der Waals surface area contributed by atoms with Gasteiger partial charge >= 0.3 is 0 Å². The van der Waals surface area contributed by atoms with E-state index in [0.717, 1.165) is 35.0 Å². The van der Waals surface area contributed by atoms with Gasteiger partial charge in [0.2, 0.25) is 5.95 Å². The van der Waals surface area contributed by atoms with Crippen molar-refractivity contribution >= 4 is 5.95 Å². The monoisotopic (exact) mass is 360 g/mol. The van der Waals surface area contributed by atoms with E-state index in [2.05, 4.69) is 37.4 Å². The molecule has 0 aliphatic rings. The summed E-state index contributed by atoms with van der Waals surface area (Å²) in [7, 11) is 0. The maximum Gasteiger partial charge on any atom is 0.223 e. The zero-order valence-electron chi connectivity index (χ0n) is 14.6. The van der Waals surface area contributed by atoms with Gasteiger partial charge in [-0.15, -0.1) is 0 Å². The molecule has 1 aromatic carbocycles. The van der Waals surface area contributed by atoms with Crippen molar-refractivity contribution in [1.82, 2.24) is 24.9 Å². The summed E-state index contributed by atoms with van der Waals surface area (Å²) in [6.45, 7) is 2.42. The van der Waals surface area contributed by atoms with Crippen LogP contribution in [0.3, 0.4) is 0 Å². The maximum absolute atomic E-state index is 12.9. The van der Waals surface area contributed by atoms with Crippen LogP contribution in [-0.2, 0) is 6.54 Å². The molecule has 0 aliphatic heterocycles. The van der Waals surface area contributed by atoms with Crippen LogP contribution in [0.2, 0.25) is 0 Å². The molecule has 134 valence electrons. The molecular weight excluding hydrogens is 343 g/mol. The van der Waals surface area contributed by atoms with Gasteiger partial charge in [0, 0.05) is 11.8 Å². The van der Waals surface area contributed by atoms with Crippen molar-refractivity contribution in [2.45, 2.75) is 13.5 Å². The number of halogens is 1. The summed E-state index contributed by atoms with van der Waals surface area (Å²) in [5, 5.41) is 3.04. The Bertz CT molecular complexity index is 1030. The first-order valence-electron chi connectivity index (χ1n) is 8.48. The largest absolute Gasteiger partial charge is 0.347 e. The van der Waals surface area contributed by atoms with E-state index in [0.29, 0.717) is 18.3 Å². The van der Waals surface area contributed by atoms with E-state index in [1.54, 1.807) is 6.20 Å². The normalized spacial score (nSPS) is 10.7. The quantitative estimate of drug-likeness (QED) is 0.563. The predicted molar refractivity (Wildman–Crippen MR) is 101 cm³/mol. The van der Waals surface area contributed by atoms with Crippen LogP contribution in [0.1, 0.15) is 11.4 Å². The number of benzene rings is 1. The summed E-state index contributed by atoms with van der Waals surface area (Å²) in [6, 6.07) is 13.9. The number of nitrogens with one attached hydrogen (secondary N) is 2. The van der Waals surface area contributed by atoms with Gasteiger partial charge in [0.25, 0.3) is 0 Å². The number of hydrogen-bond acceptors (Lipinski definition) is 5. The molecule has 0 unspecified atom stereocenters. The zero-order chi connectivity index (χ0) is 18.6. The molecule has 6 nitrogen and oxygen atoms in total. The van der Waals surface area contributed by atoms with E-state index in [9.17, 15) is 4.39 Å². The minimum Gasteiger partial charge on any atom is -0.347 e. The highest BCUT2D eigenvalue weighted by atomic mass is 19.1. The molecule has 0 radical (unpaired) electrons. The van der Waals surface area contributed by atoms with E-state index in [-0.39, 0.29) is 0 Å². The Morgan fingerprint density at radius 1 is 1.00 bits per heavy atom. The summed E-state index contributed by atoms with van der Waals surface area (Å²) in [5.74, 6) is 0.570. The van der Waals surface area contributed by atoms with Crippen LogP contribution < -0.4 is 5.32 Å². The number of pyridine rings is 1. The van der Waals surface area contributed by atoms with Crippen LogP contribution in [-0.4, -0.2) is 24.9 Å². The predicted octanol–water partition coefficient (Wildman–Crippen LogP) is 3.99. The van der Waals surface area contributed by atoms with Gasteiger partial charge in [0.05, 0.1) is 36.0 Å². The van der Waals surface area contributed by atoms with Crippen LogP contribution in [0, 0.1) is 12.7 Å². The second kappa shape index (κ2) is 7.33. The third-order valence-corrected chi connectivity index (χ3v) is 4.03. The minimum atomic E-state index is -0.474. The average Bonchev–Trinajstić information content (AvgIpc) is 3.13. The Balaban J connectivity index is 1.67. The van der Waals surface area contributed by atoms with Gasteiger partial charge in [-0.25, -0.2) is 19.3 Å². The van der Waals surface area contributed by atoms with Crippen LogP contribution in [0.15, 0.2) is 61.1 Å². The van der Waals surface area contributed by atoms with E-state index in [1.165, 1.54) is 5.56 Å². The molecule has 0 amide bonds. The summed E-state index contributed by atoms with van der Waals surface area (Å²) in [4.78, 5) is 20.3. The zero-order valence-corrected chi connectivity index (χ0v) is 14.6. The van der Waals surface area contributed by atoms with Crippen LogP contribution in [0.5, 0.6) is 0 Å². The first-order chi connectivity index (χ1) is 13.2. The van der Waals surface area contributed by atoms with Gasteiger partial charge in [-0.1, -0.05) is 35.9 Å². The lowest BCUT2D eigenvalue weighted by Crippen LogP contribution is -2.05. The lowest BCUT2D eigenvalue weighted by molar-refractivity contribution is 0.614. The van der Waals surface area contributed by atoms with Gasteiger partial charge in [-0.2, -0.15) is 0 Å².